The zero-order chi connectivity index (χ0) is 69.8. The van der Waals surface area contributed by atoms with Crippen LogP contribution in [0.1, 0.15) is 166 Å². The SMILES string of the molecule is CC.CC.CC.CC.CC.CC.CC.CC.CC.CC.Cc1ccncc1-c1cccc[n+]1C.Cc1cnccc1-c1cccn[n+]1C.Cc1cnccc1-c1ccnc[n+]1C.Cc1cnccc1-c1cncn[n+]1C.Cc1cnccc1-c1ncnc[n+]1C. The molecule has 0 aromatic carbocycles. The van der Waals surface area contributed by atoms with Crippen molar-refractivity contribution >= 4 is 0 Å². The molecule has 10 aromatic rings. The zero-order valence-electron chi connectivity index (χ0n) is 61.4. The molecule has 0 fully saturated rings. The summed E-state index contributed by atoms with van der Waals surface area (Å²) in [6.07, 6.45) is 32.3. The van der Waals surface area contributed by atoms with Gasteiger partial charge in [0.15, 0.2) is 26.6 Å². The Bertz CT molecular complexity index is 2550. The second-order valence-electron chi connectivity index (χ2n) is 16.1. The standard InChI is InChI=1S/C12H13N2.2C11H12N3.2C10H11N4.10C2H6/c1-10-6-7-13-9-11(10)12-5-3-4-8-14(12)2;1-9-7-12-5-3-10(9)11-4-6-13-8-14(11)2;1-9-8-12-7-5-10(9)11-4-3-6-13-14(11)2;1-8-5-11-4-3-9(8)10-13-6-12-7-14(10)2;1-8-5-11-4-3-9(8)10-6-12-7-13-14(10)2;10*1-2/h3-9H,1-2H3;2*3-8H,1-2H3;2*3-7H,1-2H3;10*1-2H3/q5*+1;;;;;;;;;;. The molecule has 0 aliphatic carbocycles. The number of rotatable bonds is 5. The highest BCUT2D eigenvalue weighted by Gasteiger charge is 2.15. The largest absolute Gasteiger partial charge is 0.286 e. The fourth-order valence-corrected chi connectivity index (χ4v) is 7.18. The van der Waals surface area contributed by atoms with Crippen LogP contribution in [0.25, 0.3) is 56.4 Å². The van der Waals surface area contributed by atoms with Crippen molar-refractivity contribution in [1.29, 1.82) is 0 Å². The van der Waals surface area contributed by atoms with Gasteiger partial charge in [-0.05, 0) is 110 Å². The molecule has 90 heavy (non-hydrogen) atoms. The number of aryl methyl sites for hydroxylation is 10. The fraction of sp³-hybridized carbons (Fsp3) is 0.405. The fourth-order valence-electron chi connectivity index (χ4n) is 7.18. The van der Waals surface area contributed by atoms with Crippen LogP contribution in [0.15, 0.2) is 179 Å². The number of pyridine rings is 6. The third kappa shape index (κ3) is 32.9. The van der Waals surface area contributed by atoms with Crippen LogP contribution in [0.2, 0.25) is 0 Å². The summed E-state index contributed by atoms with van der Waals surface area (Å²) in [5.41, 5.74) is 16.0. The summed E-state index contributed by atoms with van der Waals surface area (Å²) in [6, 6.07) is 22.1. The molecule has 0 amide bonds. The first-order chi connectivity index (χ1) is 43.9. The van der Waals surface area contributed by atoms with E-state index in [0.717, 1.165) is 50.7 Å². The lowest BCUT2D eigenvalue weighted by Gasteiger charge is -2.03. The maximum atomic E-state index is 4.23. The van der Waals surface area contributed by atoms with Gasteiger partial charge in [0.25, 0.3) is 24.2 Å². The Hall–Kier alpha value is -8.92. The highest BCUT2D eigenvalue weighted by molar-refractivity contribution is 5.61. The van der Waals surface area contributed by atoms with Crippen LogP contribution < -0.4 is 23.1 Å². The third-order valence-electron chi connectivity index (χ3n) is 11.0. The number of aromatic nitrogens is 16. The van der Waals surface area contributed by atoms with E-state index in [-0.39, 0.29) is 0 Å². The predicted octanol–water partition coefficient (Wildman–Crippen LogP) is 16.0. The van der Waals surface area contributed by atoms with Gasteiger partial charge in [-0.1, -0.05) is 163 Å². The molecule has 0 aliphatic heterocycles. The lowest BCUT2D eigenvalue weighted by molar-refractivity contribution is -0.721. The van der Waals surface area contributed by atoms with E-state index < -0.39 is 0 Å². The van der Waals surface area contributed by atoms with E-state index in [0.29, 0.717) is 0 Å². The molecular weight excluding hydrogens is 1110 g/mol. The lowest BCUT2D eigenvalue weighted by Crippen LogP contribution is -2.35. The number of nitrogens with zero attached hydrogens (tertiary/aromatic N) is 16. The van der Waals surface area contributed by atoms with Crippen molar-refractivity contribution in [2.24, 2.45) is 35.2 Å². The average Bonchev–Trinajstić information content (AvgIpc) is 2.35. The van der Waals surface area contributed by atoms with Gasteiger partial charge in [-0.25, -0.2) is 18.7 Å². The molecule has 0 N–H and O–H groups in total. The Balaban J connectivity index is -0.000000312. The van der Waals surface area contributed by atoms with Gasteiger partial charge in [-0.15, -0.1) is 0 Å². The van der Waals surface area contributed by atoms with Gasteiger partial charge in [-0.2, -0.15) is 0 Å². The van der Waals surface area contributed by atoms with Crippen molar-refractivity contribution in [3.63, 3.8) is 0 Å². The minimum Gasteiger partial charge on any atom is -0.264 e. The number of hydrogen-bond donors (Lipinski definition) is 0. The molecule has 490 valence electrons. The zero-order valence-corrected chi connectivity index (χ0v) is 61.4. The van der Waals surface area contributed by atoms with Gasteiger partial charge in [-0.3, -0.25) is 24.9 Å². The van der Waals surface area contributed by atoms with Gasteiger partial charge in [0.1, 0.15) is 25.1 Å². The first kappa shape index (κ1) is 89.8. The highest BCUT2D eigenvalue weighted by Crippen LogP contribution is 2.20. The smallest absolute Gasteiger partial charge is 0.264 e. The van der Waals surface area contributed by atoms with Gasteiger partial charge >= 0.3 is 0 Å². The molecule has 10 heterocycles. The van der Waals surface area contributed by atoms with Gasteiger partial charge in [0.05, 0.1) is 42.5 Å². The number of hydrogen-bond acceptors (Lipinski definition) is 11. The van der Waals surface area contributed by atoms with Crippen molar-refractivity contribution < 1.29 is 23.1 Å². The lowest BCUT2D eigenvalue weighted by atomic mass is 10.1. The van der Waals surface area contributed by atoms with E-state index in [1.54, 1.807) is 60.8 Å². The molecule has 0 saturated heterocycles. The monoisotopic (exact) mass is 1230 g/mol. The minimum absolute atomic E-state index is 0.903. The van der Waals surface area contributed by atoms with Crippen molar-refractivity contribution in [2.75, 3.05) is 0 Å². The summed E-state index contributed by atoms with van der Waals surface area (Å²) in [5, 5.41) is 8.27. The Kier molecular flexibility index (Phi) is 60.3. The Morgan fingerprint density at radius 2 is 0.667 bits per heavy atom. The molecule has 0 aliphatic rings. The van der Waals surface area contributed by atoms with Crippen molar-refractivity contribution in [3.05, 3.63) is 207 Å². The molecule has 16 nitrogen and oxygen atoms in total. The van der Waals surface area contributed by atoms with Crippen LogP contribution in [0.4, 0.5) is 0 Å². The molecule has 0 atom stereocenters. The van der Waals surface area contributed by atoms with Crippen molar-refractivity contribution in [3.8, 4) is 56.4 Å². The van der Waals surface area contributed by atoms with E-state index >= 15 is 0 Å². The molecule has 0 bridgehead atoms. The Morgan fingerprint density at radius 1 is 0.267 bits per heavy atom. The summed E-state index contributed by atoms with van der Waals surface area (Å²) in [5.74, 6) is 0.903. The maximum absolute atomic E-state index is 4.23. The summed E-state index contributed by atoms with van der Waals surface area (Å²) in [7, 11) is 9.80. The summed E-state index contributed by atoms with van der Waals surface area (Å²) in [4.78, 5) is 36.6. The Morgan fingerprint density at radius 3 is 1.10 bits per heavy atom. The van der Waals surface area contributed by atoms with E-state index in [2.05, 4.69) is 92.5 Å². The molecule has 0 saturated carbocycles. The van der Waals surface area contributed by atoms with E-state index in [1.165, 1.54) is 39.8 Å². The van der Waals surface area contributed by atoms with Gasteiger partial charge in [0, 0.05) is 96.9 Å². The van der Waals surface area contributed by atoms with Crippen LogP contribution in [-0.4, -0.2) is 55.1 Å². The highest BCUT2D eigenvalue weighted by atomic mass is 15.3. The van der Waals surface area contributed by atoms with Gasteiger partial charge < -0.3 is 0 Å². The second-order valence-corrected chi connectivity index (χ2v) is 16.1. The molecular formula is C74H119N16+5. The Labute approximate surface area is 546 Å². The second kappa shape index (κ2) is 60.4. The van der Waals surface area contributed by atoms with E-state index in [4.69, 9.17) is 0 Å². The molecule has 0 spiro atoms. The topological polar surface area (TPSA) is 161 Å². The van der Waals surface area contributed by atoms with E-state index in [9.17, 15) is 0 Å². The normalized spacial score (nSPS) is 8.56. The summed E-state index contributed by atoms with van der Waals surface area (Å²) in [6.45, 7) is 50.3. The predicted molar refractivity (Wildman–Crippen MR) is 378 cm³/mol. The first-order valence-corrected chi connectivity index (χ1v) is 32.4. The summed E-state index contributed by atoms with van der Waals surface area (Å²) < 4.78 is 9.66. The quantitative estimate of drug-likeness (QED) is 0.151. The van der Waals surface area contributed by atoms with Crippen LogP contribution in [-0.2, 0) is 35.2 Å². The molecule has 10 aromatic heterocycles. The molecule has 16 heteroatoms. The van der Waals surface area contributed by atoms with Crippen molar-refractivity contribution in [2.45, 2.75) is 173 Å². The van der Waals surface area contributed by atoms with E-state index in [1.807, 2.05) is 306 Å². The third-order valence-corrected chi connectivity index (χ3v) is 11.0. The molecule has 0 unspecified atom stereocenters. The average molecular weight is 1230 g/mol. The van der Waals surface area contributed by atoms with Crippen molar-refractivity contribution in [1.82, 2.24) is 55.1 Å². The van der Waals surface area contributed by atoms with Crippen LogP contribution in [0.5, 0.6) is 0 Å². The summed E-state index contributed by atoms with van der Waals surface area (Å²) >= 11 is 0. The minimum atomic E-state index is 0.903. The van der Waals surface area contributed by atoms with Crippen LogP contribution >= 0.6 is 0 Å². The molecule has 0 radical (unpaired) electrons. The van der Waals surface area contributed by atoms with Crippen LogP contribution in [0, 0.1) is 34.6 Å². The van der Waals surface area contributed by atoms with Gasteiger partial charge in [0.2, 0.25) is 17.7 Å². The van der Waals surface area contributed by atoms with Crippen LogP contribution in [0.3, 0.4) is 0 Å². The molecule has 10 rings (SSSR count). The first-order valence-electron chi connectivity index (χ1n) is 32.4. The maximum Gasteiger partial charge on any atom is 0.286 e.